The largest absolute Gasteiger partial charge is 0.481 e. The van der Waals surface area contributed by atoms with Crippen molar-refractivity contribution in [3.63, 3.8) is 0 Å². The molecular weight excluding hydrogens is 234 g/mol. The number of carboxylic acid groups (broad SMARTS) is 1. The van der Waals surface area contributed by atoms with Crippen LogP contribution in [-0.4, -0.2) is 28.8 Å². The lowest BCUT2D eigenvalue weighted by Crippen LogP contribution is -2.43. The predicted octanol–water partition coefficient (Wildman–Crippen LogP) is 2.65. The summed E-state index contributed by atoms with van der Waals surface area (Å²) in [6, 6.07) is -0.203. The molecule has 0 aromatic carbocycles. The second kappa shape index (κ2) is 6.61. The fourth-order valence-electron chi connectivity index (χ4n) is 1.44. The third-order valence-corrected chi connectivity index (χ3v) is 2.54. The van der Waals surface area contributed by atoms with Gasteiger partial charge in [0.25, 0.3) is 0 Å². The van der Waals surface area contributed by atoms with Crippen LogP contribution in [0.2, 0.25) is 0 Å². The van der Waals surface area contributed by atoms with Gasteiger partial charge in [0.2, 0.25) is 0 Å². The Kier molecular flexibility index (Phi) is 6.15. The summed E-state index contributed by atoms with van der Waals surface area (Å²) in [5, 5.41) is 11.6. The van der Waals surface area contributed by atoms with Gasteiger partial charge in [0.05, 0.1) is 5.92 Å². The zero-order valence-electron chi connectivity index (χ0n) is 12.1. The minimum absolute atomic E-state index is 0.152. The first-order chi connectivity index (χ1) is 8.03. The zero-order chi connectivity index (χ0) is 14.5. The Labute approximate surface area is 109 Å². The van der Waals surface area contributed by atoms with Crippen molar-refractivity contribution in [2.24, 2.45) is 11.8 Å². The topological polar surface area (TPSA) is 75.6 Å². The third-order valence-electron chi connectivity index (χ3n) is 2.54. The van der Waals surface area contributed by atoms with E-state index in [1.54, 1.807) is 27.7 Å². The van der Waals surface area contributed by atoms with E-state index < -0.39 is 23.6 Å². The van der Waals surface area contributed by atoms with Gasteiger partial charge >= 0.3 is 12.1 Å². The quantitative estimate of drug-likeness (QED) is 0.795. The average Bonchev–Trinajstić information content (AvgIpc) is 2.12. The van der Waals surface area contributed by atoms with Crippen molar-refractivity contribution in [2.75, 3.05) is 0 Å². The van der Waals surface area contributed by atoms with Crippen molar-refractivity contribution >= 4 is 12.1 Å². The van der Waals surface area contributed by atoms with Crippen LogP contribution in [0.5, 0.6) is 0 Å². The molecule has 5 nitrogen and oxygen atoms in total. The number of alkyl carbamates (subject to hydrolysis) is 1. The van der Waals surface area contributed by atoms with Gasteiger partial charge in [-0.1, -0.05) is 20.8 Å². The average molecular weight is 259 g/mol. The zero-order valence-corrected chi connectivity index (χ0v) is 12.1. The second-order valence-corrected chi connectivity index (χ2v) is 5.97. The molecule has 0 aromatic heterocycles. The van der Waals surface area contributed by atoms with Crippen molar-refractivity contribution in [3.8, 4) is 0 Å². The Bertz CT molecular complexity index is 294. The first-order valence-corrected chi connectivity index (χ1v) is 6.25. The van der Waals surface area contributed by atoms with Crippen LogP contribution in [0, 0.1) is 11.8 Å². The molecule has 0 bridgehead atoms. The number of hydrogen-bond donors (Lipinski definition) is 2. The molecule has 0 heterocycles. The molecule has 0 rings (SSSR count). The summed E-state index contributed by atoms with van der Waals surface area (Å²) in [4.78, 5) is 22.5. The maximum Gasteiger partial charge on any atom is 0.407 e. The molecule has 5 heteroatoms. The van der Waals surface area contributed by atoms with E-state index in [9.17, 15) is 9.59 Å². The van der Waals surface area contributed by atoms with Gasteiger partial charge in [0.15, 0.2) is 0 Å². The molecule has 0 aromatic rings. The predicted molar refractivity (Wildman–Crippen MR) is 69.4 cm³/mol. The smallest absolute Gasteiger partial charge is 0.407 e. The maximum absolute atomic E-state index is 11.6. The van der Waals surface area contributed by atoms with Crippen molar-refractivity contribution in [3.05, 3.63) is 0 Å². The molecule has 2 atom stereocenters. The summed E-state index contributed by atoms with van der Waals surface area (Å²) in [5.41, 5.74) is -0.552. The van der Waals surface area contributed by atoms with E-state index in [4.69, 9.17) is 9.84 Å². The number of carboxylic acids is 1. The van der Waals surface area contributed by atoms with Crippen LogP contribution in [-0.2, 0) is 9.53 Å². The monoisotopic (exact) mass is 259 g/mol. The van der Waals surface area contributed by atoms with E-state index in [-0.39, 0.29) is 12.0 Å². The molecule has 0 aliphatic heterocycles. The van der Waals surface area contributed by atoms with Crippen LogP contribution in [0.1, 0.15) is 48.0 Å². The van der Waals surface area contributed by atoms with E-state index in [0.29, 0.717) is 6.42 Å². The van der Waals surface area contributed by atoms with Gasteiger partial charge in [-0.25, -0.2) is 4.79 Å². The number of carbonyl (C=O) groups excluding carboxylic acids is 1. The normalized spacial score (nSPS) is 15.1. The Morgan fingerprint density at radius 1 is 1.22 bits per heavy atom. The van der Waals surface area contributed by atoms with Gasteiger partial charge in [-0.3, -0.25) is 4.79 Å². The van der Waals surface area contributed by atoms with Crippen LogP contribution < -0.4 is 5.32 Å². The van der Waals surface area contributed by atoms with Gasteiger partial charge in [-0.15, -0.1) is 0 Å². The summed E-state index contributed by atoms with van der Waals surface area (Å²) in [6.07, 6.45) is -0.106. The fourth-order valence-corrected chi connectivity index (χ4v) is 1.44. The van der Waals surface area contributed by atoms with E-state index in [0.717, 1.165) is 0 Å². The number of carbonyl (C=O) groups is 2. The number of amides is 1. The van der Waals surface area contributed by atoms with Crippen LogP contribution >= 0.6 is 0 Å². The van der Waals surface area contributed by atoms with Crippen LogP contribution in [0.3, 0.4) is 0 Å². The Morgan fingerprint density at radius 3 is 2.06 bits per heavy atom. The van der Waals surface area contributed by atoms with Gasteiger partial charge in [-0.05, 0) is 33.1 Å². The summed E-state index contributed by atoms with van der Waals surface area (Å²) in [6.45, 7) is 10.9. The second-order valence-electron chi connectivity index (χ2n) is 5.97. The molecule has 0 radical (unpaired) electrons. The molecule has 0 aliphatic carbocycles. The summed E-state index contributed by atoms with van der Waals surface area (Å²) >= 11 is 0. The molecule has 0 saturated heterocycles. The van der Waals surface area contributed by atoms with Crippen molar-refractivity contribution in [1.82, 2.24) is 5.32 Å². The molecule has 1 amide bonds. The lowest BCUT2D eigenvalue weighted by molar-refractivity contribution is -0.141. The molecule has 2 N–H and O–H groups in total. The molecule has 0 fully saturated rings. The molecular formula is C13H25NO4. The van der Waals surface area contributed by atoms with E-state index in [1.165, 1.54) is 0 Å². The summed E-state index contributed by atoms with van der Waals surface area (Å²) in [7, 11) is 0. The van der Waals surface area contributed by atoms with Gasteiger partial charge in [0.1, 0.15) is 5.60 Å². The Balaban J connectivity index is 4.45. The molecule has 0 aliphatic rings. The van der Waals surface area contributed by atoms with Crippen molar-refractivity contribution < 1.29 is 19.4 Å². The van der Waals surface area contributed by atoms with Crippen LogP contribution in [0.4, 0.5) is 4.79 Å². The molecule has 0 spiro atoms. The van der Waals surface area contributed by atoms with E-state index in [1.807, 2.05) is 13.8 Å². The third kappa shape index (κ3) is 7.14. The fraction of sp³-hybridized carbons (Fsp3) is 0.846. The highest BCUT2D eigenvalue weighted by Crippen LogP contribution is 2.15. The first kappa shape index (κ1) is 16.7. The molecule has 106 valence electrons. The van der Waals surface area contributed by atoms with Crippen LogP contribution in [0.25, 0.3) is 0 Å². The van der Waals surface area contributed by atoms with E-state index >= 15 is 0 Å². The molecule has 18 heavy (non-hydrogen) atoms. The highest BCUT2D eigenvalue weighted by molar-refractivity contribution is 5.70. The first-order valence-electron chi connectivity index (χ1n) is 6.25. The Morgan fingerprint density at radius 2 is 1.72 bits per heavy atom. The lowest BCUT2D eigenvalue weighted by Gasteiger charge is -2.26. The number of hydrogen-bond acceptors (Lipinski definition) is 3. The number of ether oxygens (including phenoxy) is 1. The molecule has 0 saturated carbocycles. The summed E-state index contributed by atoms with van der Waals surface area (Å²) < 4.78 is 5.16. The Hall–Kier alpha value is -1.26. The SMILES string of the molecule is CC(CC(NC(=O)OC(C)(C)C)C(C)C)C(=O)O. The van der Waals surface area contributed by atoms with Crippen molar-refractivity contribution in [2.45, 2.75) is 59.6 Å². The number of aliphatic carboxylic acids is 1. The summed E-state index contributed by atoms with van der Waals surface area (Å²) in [5.74, 6) is -1.20. The standard InChI is InChI=1S/C13H25NO4/c1-8(2)10(7-9(3)11(15)16)14-12(17)18-13(4,5)6/h8-10H,7H2,1-6H3,(H,14,17)(H,15,16). The van der Waals surface area contributed by atoms with E-state index in [2.05, 4.69) is 5.32 Å². The number of nitrogens with one attached hydrogen (secondary N) is 1. The lowest BCUT2D eigenvalue weighted by atomic mass is 9.94. The van der Waals surface area contributed by atoms with Crippen molar-refractivity contribution in [1.29, 1.82) is 0 Å². The minimum Gasteiger partial charge on any atom is -0.481 e. The van der Waals surface area contributed by atoms with Gasteiger partial charge in [0, 0.05) is 6.04 Å². The van der Waals surface area contributed by atoms with Crippen LogP contribution in [0.15, 0.2) is 0 Å². The number of rotatable bonds is 5. The highest BCUT2D eigenvalue weighted by Gasteiger charge is 2.24. The minimum atomic E-state index is -0.855. The highest BCUT2D eigenvalue weighted by atomic mass is 16.6. The molecule has 2 unspecified atom stereocenters. The van der Waals surface area contributed by atoms with Gasteiger partial charge in [-0.2, -0.15) is 0 Å². The maximum atomic E-state index is 11.6. The van der Waals surface area contributed by atoms with Gasteiger partial charge < -0.3 is 15.2 Å².